The molecule has 2 aromatic rings. The second-order valence-electron chi connectivity index (χ2n) is 2.69. The van der Waals surface area contributed by atoms with Crippen LogP contribution in [-0.4, -0.2) is 15.2 Å². The third kappa shape index (κ3) is 1.09. The van der Waals surface area contributed by atoms with Crippen LogP contribution in [0.2, 0.25) is 0 Å². The van der Waals surface area contributed by atoms with E-state index >= 15 is 0 Å². The second kappa shape index (κ2) is 2.62. The summed E-state index contributed by atoms with van der Waals surface area (Å²) in [5, 5.41) is 18.7. The molecule has 0 amide bonds. The molecule has 0 aliphatic carbocycles. The summed E-state index contributed by atoms with van der Waals surface area (Å²) in [4.78, 5) is 2.90. The molecule has 0 aliphatic rings. The number of aliphatic hydroxyl groups excluding tert-OH is 1. The lowest BCUT2D eigenvalue weighted by Gasteiger charge is -1.96. The predicted octanol–water partition coefficient (Wildman–Crippen LogP) is 1.15. The highest BCUT2D eigenvalue weighted by Crippen LogP contribution is 2.17. The highest BCUT2D eigenvalue weighted by Gasteiger charge is 2.05. The number of nitrogens with one attached hydrogen (secondary N) is 1. The Bertz CT molecular complexity index is 359. The van der Waals surface area contributed by atoms with Gasteiger partial charge in [-0.05, 0) is 17.5 Å². The van der Waals surface area contributed by atoms with E-state index in [1.807, 2.05) is 24.3 Å². The lowest BCUT2D eigenvalue weighted by atomic mass is 10.2. The average molecular weight is 163 g/mol. The van der Waals surface area contributed by atoms with Crippen LogP contribution in [0.4, 0.5) is 0 Å². The molecular weight excluding hydrogens is 154 g/mol. The van der Waals surface area contributed by atoms with Crippen LogP contribution >= 0.6 is 0 Å². The zero-order valence-electron chi connectivity index (χ0n) is 6.36. The molecule has 3 N–H and O–H groups in total. The Labute approximate surface area is 69.3 Å². The van der Waals surface area contributed by atoms with Crippen molar-refractivity contribution in [1.82, 2.24) is 4.98 Å². The number of hydrogen-bond acceptors (Lipinski definition) is 2. The molecule has 1 aromatic carbocycles. The molecule has 2 rings (SSSR count). The molecule has 3 nitrogen and oxygen atoms in total. The van der Waals surface area contributed by atoms with Crippen molar-refractivity contribution in [3.05, 3.63) is 36.0 Å². The summed E-state index contributed by atoms with van der Waals surface area (Å²) in [6.45, 7) is 0. The Kier molecular flexibility index (Phi) is 1.60. The Morgan fingerprint density at radius 1 is 1.17 bits per heavy atom. The van der Waals surface area contributed by atoms with Crippen molar-refractivity contribution in [2.75, 3.05) is 0 Å². The van der Waals surface area contributed by atoms with Gasteiger partial charge in [0, 0.05) is 5.52 Å². The topological polar surface area (TPSA) is 56.2 Å². The lowest BCUT2D eigenvalue weighted by molar-refractivity contribution is -0.0453. The molecule has 0 saturated heterocycles. The normalized spacial score (nSPS) is 11.2. The second-order valence-corrected chi connectivity index (χ2v) is 2.69. The van der Waals surface area contributed by atoms with Gasteiger partial charge in [-0.1, -0.05) is 18.2 Å². The van der Waals surface area contributed by atoms with E-state index in [1.165, 1.54) is 0 Å². The fourth-order valence-corrected chi connectivity index (χ4v) is 1.23. The quantitative estimate of drug-likeness (QED) is 0.552. The molecular formula is C9H9NO2. The van der Waals surface area contributed by atoms with Gasteiger partial charge < -0.3 is 15.2 Å². The fraction of sp³-hybridized carbons (Fsp3) is 0.111. The number of para-hydroxylation sites is 1. The molecule has 3 heteroatoms. The van der Waals surface area contributed by atoms with Gasteiger partial charge in [0.05, 0.1) is 5.69 Å². The van der Waals surface area contributed by atoms with Crippen molar-refractivity contribution in [1.29, 1.82) is 0 Å². The molecule has 1 aromatic heterocycles. The summed E-state index contributed by atoms with van der Waals surface area (Å²) in [5.41, 5.74) is 1.34. The van der Waals surface area contributed by atoms with Gasteiger partial charge in [0.2, 0.25) is 0 Å². The van der Waals surface area contributed by atoms with Crippen LogP contribution < -0.4 is 0 Å². The van der Waals surface area contributed by atoms with Gasteiger partial charge >= 0.3 is 0 Å². The molecule has 0 fully saturated rings. The van der Waals surface area contributed by atoms with E-state index in [9.17, 15) is 0 Å². The Morgan fingerprint density at radius 3 is 2.58 bits per heavy atom. The molecule has 62 valence electrons. The third-order valence-electron chi connectivity index (χ3n) is 1.83. The average Bonchev–Trinajstić information content (AvgIpc) is 2.46. The maximum atomic E-state index is 8.85. The molecule has 0 spiro atoms. The number of aliphatic hydroxyl groups is 2. The van der Waals surface area contributed by atoms with Gasteiger partial charge in [-0.25, -0.2) is 0 Å². The molecule has 12 heavy (non-hydrogen) atoms. The summed E-state index contributed by atoms with van der Waals surface area (Å²) >= 11 is 0. The van der Waals surface area contributed by atoms with Gasteiger partial charge in [-0.15, -0.1) is 0 Å². The van der Waals surface area contributed by atoms with Crippen molar-refractivity contribution in [2.24, 2.45) is 0 Å². The number of rotatable bonds is 1. The number of aromatic amines is 1. The number of hydrogen-bond donors (Lipinski definition) is 3. The minimum absolute atomic E-state index is 0.427. The Morgan fingerprint density at radius 2 is 1.92 bits per heavy atom. The fourth-order valence-electron chi connectivity index (χ4n) is 1.23. The van der Waals surface area contributed by atoms with Gasteiger partial charge in [-0.3, -0.25) is 0 Å². The summed E-state index contributed by atoms with van der Waals surface area (Å²) in [6.07, 6.45) is -1.42. The third-order valence-corrected chi connectivity index (χ3v) is 1.83. The van der Waals surface area contributed by atoms with Crippen LogP contribution in [0.5, 0.6) is 0 Å². The maximum Gasteiger partial charge on any atom is 0.193 e. The molecule has 1 heterocycles. The number of fused-ring (bicyclic) bond motifs is 1. The Balaban J connectivity index is 2.62. The first-order valence-electron chi connectivity index (χ1n) is 3.71. The van der Waals surface area contributed by atoms with Crippen LogP contribution in [-0.2, 0) is 0 Å². The summed E-state index contributed by atoms with van der Waals surface area (Å²) in [5.74, 6) is 0. The van der Waals surface area contributed by atoms with Gasteiger partial charge in [0.1, 0.15) is 0 Å². The van der Waals surface area contributed by atoms with E-state index in [1.54, 1.807) is 6.07 Å². The lowest BCUT2D eigenvalue weighted by Crippen LogP contribution is -1.93. The minimum Gasteiger partial charge on any atom is -0.363 e. The van der Waals surface area contributed by atoms with Gasteiger partial charge in [0.25, 0.3) is 0 Å². The summed E-state index contributed by atoms with van der Waals surface area (Å²) < 4.78 is 0. The summed E-state index contributed by atoms with van der Waals surface area (Å²) in [6, 6.07) is 9.33. The predicted molar refractivity (Wildman–Crippen MR) is 45.5 cm³/mol. The van der Waals surface area contributed by atoms with E-state index in [0.29, 0.717) is 5.69 Å². The van der Waals surface area contributed by atoms with Crippen LogP contribution in [0.1, 0.15) is 12.0 Å². The zero-order valence-corrected chi connectivity index (χ0v) is 6.36. The number of benzene rings is 1. The molecule has 0 aliphatic heterocycles. The van der Waals surface area contributed by atoms with Gasteiger partial charge in [0.15, 0.2) is 6.29 Å². The van der Waals surface area contributed by atoms with Crippen LogP contribution in [0, 0.1) is 0 Å². The molecule has 0 radical (unpaired) electrons. The maximum absolute atomic E-state index is 8.85. The van der Waals surface area contributed by atoms with E-state index in [2.05, 4.69) is 4.98 Å². The Hall–Kier alpha value is -1.32. The highest BCUT2D eigenvalue weighted by atomic mass is 16.5. The van der Waals surface area contributed by atoms with E-state index < -0.39 is 6.29 Å². The largest absolute Gasteiger partial charge is 0.363 e. The molecule has 0 saturated carbocycles. The van der Waals surface area contributed by atoms with Crippen molar-refractivity contribution >= 4 is 10.9 Å². The first-order valence-corrected chi connectivity index (χ1v) is 3.71. The first-order chi connectivity index (χ1) is 5.77. The smallest absolute Gasteiger partial charge is 0.193 e. The van der Waals surface area contributed by atoms with Gasteiger partial charge in [-0.2, -0.15) is 0 Å². The van der Waals surface area contributed by atoms with Crippen molar-refractivity contribution in [3.63, 3.8) is 0 Å². The monoisotopic (exact) mass is 163 g/mol. The molecule has 0 bridgehead atoms. The van der Waals surface area contributed by atoms with Crippen LogP contribution in [0.25, 0.3) is 10.9 Å². The number of H-pyrrole nitrogens is 1. The molecule has 0 unspecified atom stereocenters. The van der Waals surface area contributed by atoms with Crippen molar-refractivity contribution in [2.45, 2.75) is 6.29 Å². The van der Waals surface area contributed by atoms with Crippen LogP contribution in [0.3, 0.4) is 0 Å². The van der Waals surface area contributed by atoms with Crippen molar-refractivity contribution < 1.29 is 10.2 Å². The summed E-state index contributed by atoms with van der Waals surface area (Å²) in [7, 11) is 0. The van der Waals surface area contributed by atoms with Crippen molar-refractivity contribution in [3.8, 4) is 0 Å². The van der Waals surface area contributed by atoms with E-state index in [4.69, 9.17) is 10.2 Å². The minimum atomic E-state index is -1.42. The standard InChI is InChI=1S/C9H9NO2/c11-9(12)8-5-6-3-1-2-4-7(6)10-8/h1-5,9-12H. The first kappa shape index (κ1) is 7.34. The van der Waals surface area contributed by atoms with E-state index in [0.717, 1.165) is 10.9 Å². The van der Waals surface area contributed by atoms with E-state index in [-0.39, 0.29) is 0 Å². The number of aromatic nitrogens is 1. The van der Waals surface area contributed by atoms with Crippen LogP contribution in [0.15, 0.2) is 30.3 Å². The highest BCUT2D eigenvalue weighted by molar-refractivity contribution is 5.80. The SMILES string of the molecule is OC(O)c1cc2ccccc2[nH]1. The zero-order chi connectivity index (χ0) is 8.55. The molecule has 0 atom stereocenters.